The van der Waals surface area contributed by atoms with Crippen molar-refractivity contribution in [2.75, 3.05) is 0 Å². The third kappa shape index (κ3) is 5.45. The predicted octanol–water partition coefficient (Wildman–Crippen LogP) is 2.91. The van der Waals surface area contributed by atoms with Crippen LogP contribution in [0, 0.1) is 6.92 Å². The minimum Gasteiger partial charge on any atom is -0.480 e. The van der Waals surface area contributed by atoms with Crippen LogP contribution in [0.5, 0.6) is 0 Å². The van der Waals surface area contributed by atoms with Gasteiger partial charge in [0.25, 0.3) is 0 Å². The molecule has 0 heterocycles. The molecule has 0 bridgehead atoms. The van der Waals surface area contributed by atoms with Gasteiger partial charge in [0.1, 0.15) is 11.1 Å². The quantitative estimate of drug-likeness (QED) is 0.895. The number of nitrogens with one attached hydrogen (secondary N) is 1. The van der Waals surface area contributed by atoms with Gasteiger partial charge in [-0.2, -0.15) is 0 Å². The molecule has 2 N–H and O–H groups in total. The van der Waals surface area contributed by atoms with E-state index in [1.54, 1.807) is 20.8 Å². The van der Waals surface area contributed by atoms with Crippen molar-refractivity contribution in [1.82, 2.24) is 5.32 Å². The van der Waals surface area contributed by atoms with E-state index in [4.69, 9.17) is 4.74 Å². The minimum absolute atomic E-state index is 0.182. The smallest absolute Gasteiger partial charge is 0.408 e. The van der Waals surface area contributed by atoms with Crippen molar-refractivity contribution < 1.29 is 19.4 Å². The standard InChI is InChI=1S/C16H23NO4/c1-11-6-8-12(9-7-11)10-16(5,13(18)19)17-14(20)21-15(2,3)4/h6-9H,10H2,1-5H3,(H,17,20)(H,18,19). The van der Waals surface area contributed by atoms with Gasteiger partial charge >= 0.3 is 12.1 Å². The molecule has 0 aromatic heterocycles. The minimum atomic E-state index is -1.42. The van der Waals surface area contributed by atoms with Crippen LogP contribution >= 0.6 is 0 Å². The second-order valence-electron chi connectivity index (χ2n) is 6.43. The molecular weight excluding hydrogens is 270 g/mol. The fraction of sp³-hybridized carbons (Fsp3) is 0.500. The van der Waals surface area contributed by atoms with Crippen molar-refractivity contribution in [3.8, 4) is 0 Å². The predicted molar refractivity (Wildman–Crippen MR) is 80.3 cm³/mol. The van der Waals surface area contributed by atoms with Crippen molar-refractivity contribution in [2.45, 2.75) is 52.2 Å². The average Bonchev–Trinajstić information content (AvgIpc) is 2.29. The maximum Gasteiger partial charge on any atom is 0.408 e. The summed E-state index contributed by atoms with van der Waals surface area (Å²) < 4.78 is 5.13. The first kappa shape index (κ1) is 17.0. The van der Waals surface area contributed by atoms with Gasteiger partial charge in [-0.1, -0.05) is 29.8 Å². The molecule has 0 aliphatic rings. The molecule has 1 rings (SSSR count). The third-order valence-electron chi connectivity index (χ3n) is 2.93. The van der Waals surface area contributed by atoms with Crippen LogP contribution in [0.3, 0.4) is 0 Å². The van der Waals surface area contributed by atoms with Gasteiger partial charge in [0, 0.05) is 6.42 Å². The summed E-state index contributed by atoms with van der Waals surface area (Å²) >= 11 is 0. The molecule has 0 spiro atoms. The summed E-state index contributed by atoms with van der Waals surface area (Å²) in [7, 11) is 0. The van der Waals surface area contributed by atoms with Crippen LogP contribution in [0.1, 0.15) is 38.8 Å². The molecule has 0 saturated heterocycles. The zero-order valence-electron chi connectivity index (χ0n) is 13.2. The number of carboxylic acids is 1. The maximum absolute atomic E-state index is 11.8. The van der Waals surface area contributed by atoms with Gasteiger partial charge in [-0.25, -0.2) is 9.59 Å². The van der Waals surface area contributed by atoms with E-state index in [9.17, 15) is 14.7 Å². The number of hydrogen-bond donors (Lipinski definition) is 2. The monoisotopic (exact) mass is 293 g/mol. The fourth-order valence-corrected chi connectivity index (χ4v) is 1.82. The van der Waals surface area contributed by atoms with Crippen LogP contribution in [-0.4, -0.2) is 28.3 Å². The first-order valence-electron chi connectivity index (χ1n) is 6.82. The molecular formula is C16H23NO4. The van der Waals surface area contributed by atoms with Gasteiger partial charge in [0.2, 0.25) is 0 Å². The molecule has 1 atom stereocenters. The highest BCUT2D eigenvalue weighted by atomic mass is 16.6. The molecule has 1 amide bonds. The fourth-order valence-electron chi connectivity index (χ4n) is 1.82. The number of carbonyl (C=O) groups is 2. The zero-order chi connectivity index (χ0) is 16.3. The van der Waals surface area contributed by atoms with E-state index in [-0.39, 0.29) is 6.42 Å². The SMILES string of the molecule is Cc1ccc(CC(C)(NC(=O)OC(C)(C)C)C(=O)O)cc1. The Kier molecular flexibility index (Phi) is 4.99. The Morgan fingerprint density at radius 2 is 1.67 bits per heavy atom. The lowest BCUT2D eigenvalue weighted by Crippen LogP contribution is -2.54. The van der Waals surface area contributed by atoms with Crippen LogP contribution in [0.15, 0.2) is 24.3 Å². The lowest BCUT2D eigenvalue weighted by molar-refractivity contribution is -0.144. The second kappa shape index (κ2) is 6.16. The number of rotatable bonds is 4. The van der Waals surface area contributed by atoms with E-state index in [0.717, 1.165) is 11.1 Å². The normalized spacial score (nSPS) is 14.1. The number of benzene rings is 1. The maximum atomic E-state index is 11.8. The lowest BCUT2D eigenvalue weighted by Gasteiger charge is -2.28. The van der Waals surface area contributed by atoms with Gasteiger partial charge in [-0.15, -0.1) is 0 Å². The first-order valence-corrected chi connectivity index (χ1v) is 6.82. The molecule has 116 valence electrons. The molecule has 0 aliphatic carbocycles. The Bertz CT molecular complexity index is 516. The summed E-state index contributed by atoms with van der Waals surface area (Å²) in [6.07, 6.45) is -0.554. The third-order valence-corrected chi connectivity index (χ3v) is 2.93. The largest absolute Gasteiger partial charge is 0.480 e. The summed E-state index contributed by atoms with van der Waals surface area (Å²) in [4.78, 5) is 23.3. The summed E-state index contributed by atoms with van der Waals surface area (Å²) in [6.45, 7) is 8.61. The number of carboxylic acid groups (broad SMARTS) is 1. The van der Waals surface area contributed by atoms with Gasteiger partial charge in [-0.05, 0) is 40.2 Å². The topological polar surface area (TPSA) is 75.6 Å². The lowest BCUT2D eigenvalue weighted by atomic mass is 9.92. The van der Waals surface area contributed by atoms with Crippen molar-refractivity contribution in [3.05, 3.63) is 35.4 Å². The highest BCUT2D eigenvalue weighted by Crippen LogP contribution is 2.16. The van der Waals surface area contributed by atoms with Crippen molar-refractivity contribution in [1.29, 1.82) is 0 Å². The molecule has 0 aliphatic heterocycles. The van der Waals surface area contributed by atoms with Crippen LogP contribution in [-0.2, 0) is 16.0 Å². The highest BCUT2D eigenvalue weighted by molar-refractivity contribution is 5.84. The summed E-state index contributed by atoms with van der Waals surface area (Å²) in [6, 6.07) is 7.52. The molecule has 1 aromatic carbocycles. The number of hydrogen-bond acceptors (Lipinski definition) is 3. The summed E-state index contributed by atoms with van der Waals surface area (Å²) in [5, 5.41) is 11.9. The van der Waals surface area contributed by atoms with E-state index in [0.29, 0.717) is 0 Å². The molecule has 0 radical (unpaired) electrons. The number of alkyl carbamates (subject to hydrolysis) is 1. The molecule has 0 fully saturated rings. The highest BCUT2D eigenvalue weighted by Gasteiger charge is 2.36. The van der Waals surface area contributed by atoms with Crippen LogP contribution in [0.2, 0.25) is 0 Å². The van der Waals surface area contributed by atoms with E-state index in [2.05, 4.69) is 5.32 Å². The van der Waals surface area contributed by atoms with E-state index in [1.807, 2.05) is 31.2 Å². The second-order valence-corrected chi connectivity index (χ2v) is 6.43. The molecule has 5 nitrogen and oxygen atoms in total. The van der Waals surface area contributed by atoms with Gasteiger partial charge in [0.15, 0.2) is 0 Å². The number of aliphatic carboxylic acids is 1. The number of ether oxygens (including phenoxy) is 1. The van der Waals surface area contributed by atoms with Gasteiger partial charge in [-0.3, -0.25) is 0 Å². The Balaban J connectivity index is 2.86. The van der Waals surface area contributed by atoms with Gasteiger partial charge < -0.3 is 15.2 Å². The molecule has 21 heavy (non-hydrogen) atoms. The van der Waals surface area contributed by atoms with Crippen molar-refractivity contribution in [2.24, 2.45) is 0 Å². The van der Waals surface area contributed by atoms with Crippen molar-refractivity contribution >= 4 is 12.1 Å². The van der Waals surface area contributed by atoms with Crippen LogP contribution < -0.4 is 5.32 Å². The van der Waals surface area contributed by atoms with Gasteiger partial charge in [0.05, 0.1) is 0 Å². The summed E-state index contributed by atoms with van der Waals surface area (Å²) in [5.41, 5.74) is -0.164. The first-order chi connectivity index (χ1) is 9.52. The Hall–Kier alpha value is -2.04. The number of aryl methyl sites for hydroxylation is 1. The van der Waals surface area contributed by atoms with E-state index < -0.39 is 23.2 Å². The van der Waals surface area contributed by atoms with E-state index in [1.165, 1.54) is 6.92 Å². The number of amides is 1. The molecule has 1 unspecified atom stereocenters. The average molecular weight is 293 g/mol. The number of carbonyl (C=O) groups excluding carboxylic acids is 1. The molecule has 0 saturated carbocycles. The summed E-state index contributed by atoms with van der Waals surface area (Å²) in [5.74, 6) is -1.10. The Morgan fingerprint density at radius 3 is 2.10 bits per heavy atom. The molecule has 1 aromatic rings. The van der Waals surface area contributed by atoms with Crippen LogP contribution in [0.25, 0.3) is 0 Å². The van der Waals surface area contributed by atoms with Crippen molar-refractivity contribution in [3.63, 3.8) is 0 Å². The van der Waals surface area contributed by atoms with E-state index >= 15 is 0 Å². The molecule has 5 heteroatoms. The Morgan fingerprint density at radius 1 is 1.14 bits per heavy atom. The van der Waals surface area contributed by atoms with Crippen LogP contribution in [0.4, 0.5) is 4.79 Å². The Labute approximate surface area is 125 Å². The zero-order valence-corrected chi connectivity index (χ0v) is 13.2.